The predicted octanol–water partition coefficient (Wildman–Crippen LogP) is 11.0. The quantitative estimate of drug-likeness (QED) is 0.115. The molecule has 2 aromatic heterocycles. The van der Waals surface area contributed by atoms with Gasteiger partial charge < -0.3 is 23.8 Å². The fourth-order valence-electron chi connectivity index (χ4n) is 6.99. The molecular weight excluding hydrogens is 775 g/mol. The monoisotopic (exact) mass is 814 g/mol. The van der Waals surface area contributed by atoms with E-state index in [0.29, 0.717) is 26.4 Å². The molecule has 9 heteroatoms. The minimum Gasteiger partial charge on any atom is -0.350 e. The molecule has 2 atom stereocenters. The fourth-order valence-corrected chi connectivity index (χ4v) is 12.3. The second-order valence-electron chi connectivity index (χ2n) is 13.1. The number of hydrogen-bond acceptors (Lipinski definition) is 8. The van der Waals surface area contributed by atoms with Gasteiger partial charge in [0.05, 0.1) is 30.1 Å². The van der Waals surface area contributed by atoms with Gasteiger partial charge in [0, 0.05) is 41.9 Å². The molecule has 3 aromatic carbocycles. The molecular formula is C41H39IN2O4S2. The molecule has 0 saturated carbocycles. The summed E-state index contributed by atoms with van der Waals surface area (Å²) in [6.07, 6.45) is 13.2. The van der Waals surface area contributed by atoms with Crippen LogP contribution in [0.2, 0.25) is 0 Å². The third kappa shape index (κ3) is 6.53. The number of alkyl halides is 1. The number of halogens is 1. The van der Waals surface area contributed by atoms with Gasteiger partial charge in [-0.1, -0.05) is 70.1 Å². The highest BCUT2D eigenvalue weighted by Crippen LogP contribution is 2.45. The molecule has 0 amide bonds. The van der Waals surface area contributed by atoms with Crippen molar-refractivity contribution in [1.29, 1.82) is 0 Å². The normalized spacial score (nSPS) is 21.5. The lowest BCUT2D eigenvalue weighted by atomic mass is 9.98. The Kier molecular flexibility index (Phi) is 9.23. The van der Waals surface area contributed by atoms with Crippen molar-refractivity contribution in [3.63, 3.8) is 0 Å². The van der Waals surface area contributed by atoms with Crippen LogP contribution in [0.15, 0.2) is 109 Å². The fraction of sp³-hybridized carbons (Fsp3) is 0.293. The van der Waals surface area contributed by atoms with Crippen molar-refractivity contribution in [2.45, 2.75) is 43.2 Å². The molecule has 2 fully saturated rings. The Morgan fingerprint density at radius 3 is 2.08 bits per heavy atom. The maximum absolute atomic E-state index is 5.83. The number of thiophene rings is 2. The number of anilines is 4. The molecule has 0 N–H and O–H groups in total. The van der Waals surface area contributed by atoms with Gasteiger partial charge in [-0.2, -0.15) is 0 Å². The summed E-state index contributed by atoms with van der Waals surface area (Å²) in [7, 11) is 0. The van der Waals surface area contributed by atoms with Crippen molar-refractivity contribution in [3.05, 3.63) is 120 Å². The average molecular weight is 815 g/mol. The van der Waals surface area contributed by atoms with Gasteiger partial charge in [-0.15, -0.1) is 22.7 Å². The summed E-state index contributed by atoms with van der Waals surface area (Å²) in [6, 6.07) is 27.1. The van der Waals surface area contributed by atoms with E-state index >= 15 is 0 Å². The number of benzene rings is 3. The van der Waals surface area contributed by atoms with Crippen LogP contribution in [0.25, 0.3) is 20.2 Å². The minimum absolute atomic E-state index is 0.140. The molecule has 9 rings (SSSR count). The summed E-state index contributed by atoms with van der Waals surface area (Å²) < 4.78 is 27.9. The Labute approximate surface area is 311 Å². The number of fused-ring (bicyclic) bond motifs is 2. The standard InChI is InChI=1S/C41H39IN2O4S2/c1-26-5-3-7-34(21-26)43(32-13-9-28(10-14-32)40-45-17-18-46-40)38-24-30-22-36-31(23-35(30)49-38)25-39(50-36)44(37-8-4-6-27(2)42-37)33-15-11-29(12-16-33)41-47-19-20-48-41/h3-5,7-9,11-16,21-25,27-28,40-41H,6,10,17-20H2,1-2H3. The van der Waals surface area contributed by atoms with E-state index in [1.165, 1.54) is 62.9 Å². The van der Waals surface area contributed by atoms with Crippen LogP contribution >= 0.6 is 43.4 Å². The maximum atomic E-state index is 5.83. The smallest absolute Gasteiger partial charge is 0.184 e. The second-order valence-corrected chi connectivity index (χ2v) is 19.1. The highest BCUT2D eigenvalue weighted by atomic mass is 127. The van der Waals surface area contributed by atoms with Crippen LogP contribution in [0.3, 0.4) is 0 Å². The summed E-state index contributed by atoms with van der Waals surface area (Å²) in [6.45, 7) is 7.20. The third-order valence-corrected chi connectivity index (χ3v) is 14.7. The van der Waals surface area contributed by atoms with Gasteiger partial charge in [-0.3, -0.25) is 4.90 Å². The zero-order valence-corrected chi connectivity index (χ0v) is 31.9. The second kappa shape index (κ2) is 14.1. The van der Waals surface area contributed by atoms with E-state index in [-0.39, 0.29) is 39.2 Å². The molecule has 0 spiro atoms. The largest absolute Gasteiger partial charge is 0.350 e. The van der Waals surface area contributed by atoms with Crippen molar-refractivity contribution in [3.8, 4) is 0 Å². The van der Waals surface area contributed by atoms with Crippen molar-refractivity contribution in [2.75, 3.05) is 36.2 Å². The van der Waals surface area contributed by atoms with Gasteiger partial charge in [0.25, 0.3) is 0 Å². The SMILES string of the molecule is Cc1cccc(N(C2=CCC(C3OCCO3)C=C2)c2cc3cc4sc(N(C5=IC(C)CC=C5)c5ccc(C6OCCO6)cc5)cc4cc3s2)c1. The van der Waals surface area contributed by atoms with E-state index in [9.17, 15) is 0 Å². The van der Waals surface area contributed by atoms with Crippen LogP contribution in [0.4, 0.5) is 21.4 Å². The molecule has 50 heavy (non-hydrogen) atoms. The van der Waals surface area contributed by atoms with E-state index in [4.69, 9.17) is 18.9 Å². The van der Waals surface area contributed by atoms with Gasteiger partial charge >= 0.3 is 0 Å². The van der Waals surface area contributed by atoms with E-state index in [1.54, 1.807) is 0 Å². The summed E-state index contributed by atoms with van der Waals surface area (Å²) in [5.41, 5.74) is 5.86. The van der Waals surface area contributed by atoms with E-state index < -0.39 is 0 Å². The Hall–Kier alpha value is -3.16. The number of rotatable bonds is 8. The molecule has 1 aliphatic carbocycles. The molecule has 0 bridgehead atoms. The van der Waals surface area contributed by atoms with E-state index in [2.05, 4.69) is 127 Å². The number of nitrogens with zero attached hydrogens (tertiary/aromatic N) is 2. The first-order chi connectivity index (χ1) is 24.6. The molecule has 6 nitrogen and oxygen atoms in total. The first kappa shape index (κ1) is 32.7. The van der Waals surface area contributed by atoms with Crippen LogP contribution in [-0.4, -0.2) is 40.3 Å². The topological polar surface area (TPSA) is 43.4 Å². The number of ether oxygens (including phenoxy) is 4. The van der Waals surface area contributed by atoms with Gasteiger partial charge in [0.1, 0.15) is 10.0 Å². The van der Waals surface area contributed by atoms with Gasteiger partial charge in [0.2, 0.25) is 0 Å². The molecule has 5 aromatic rings. The molecule has 4 aliphatic rings. The highest BCUT2D eigenvalue weighted by molar-refractivity contribution is 14.2. The Morgan fingerprint density at radius 1 is 0.720 bits per heavy atom. The first-order valence-corrected chi connectivity index (χ1v) is 21.3. The van der Waals surface area contributed by atoms with Crippen molar-refractivity contribution in [2.24, 2.45) is 5.92 Å². The third-order valence-electron chi connectivity index (χ3n) is 9.47. The minimum atomic E-state index is -0.264. The summed E-state index contributed by atoms with van der Waals surface area (Å²) in [4.78, 5) is 4.91. The van der Waals surface area contributed by atoms with E-state index in [0.717, 1.165) is 15.9 Å². The Bertz CT molecular complexity index is 2100. The van der Waals surface area contributed by atoms with Crippen LogP contribution in [0.1, 0.15) is 37.2 Å². The van der Waals surface area contributed by atoms with Gasteiger partial charge in [-0.05, 0) is 96.8 Å². The van der Waals surface area contributed by atoms with Gasteiger partial charge in [0.15, 0.2) is 12.6 Å². The molecule has 0 radical (unpaired) electrons. The Morgan fingerprint density at radius 2 is 1.42 bits per heavy atom. The first-order valence-electron chi connectivity index (χ1n) is 17.3. The summed E-state index contributed by atoms with van der Waals surface area (Å²) in [5, 5.41) is 5.03. The number of allylic oxidation sites excluding steroid dienone is 3. The van der Waals surface area contributed by atoms with Crippen LogP contribution in [0, 0.1) is 12.8 Å². The Balaban J connectivity index is 1.07. The lowest BCUT2D eigenvalue weighted by Crippen LogP contribution is -2.23. The summed E-state index contributed by atoms with van der Waals surface area (Å²) in [5.74, 6) is 0.240. The zero-order valence-electron chi connectivity index (χ0n) is 28.1. The zero-order chi connectivity index (χ0) is 33.6. The van der Waals surface area contributed by atoms with Crippen molar-refractivity contribution < 1.29 is 18.9 Å². The predicted molar refractivity (Wildman–Crippen MR) is 217 cm³/mol. The number of aryl methyl sites for hydroxylation is 1. The van der Waals surface area contributed by atoms with Crippen LogP contribution in [0.5, 0.6) is 0 Å². The maximum Gasteiger partial charge on any atom is 0.184 e. The molecule has 2 saturated heterocycles. The number of hydrogen-bond donors (Lipinski definition) is 0. The molecule has 3 aliphatic heterocycles. The van der Waals surface area contributed by atoms with E-state index in [1.807, 2.05) is 22.7 Å². The van der Waals surface area contributed by atoms with Gasteiger partial charge in [-0.25, -0.2) is 0 Å². The van der Waals surface area contributed by atoms with Crippen LogP contribution < -0.4 is 9.80 Å². The highest BCUT2D eigenvalue weighted by Gasteiger charge is 2.28. The van der Waals surface area contributed by atoms with Crippen LogP contribution in [-0.2, 0) is 18.9 Å². The molecule has 256 valence electrons. The summed E-state index contributed by atoms with van der Waals surface area (Å²) >= 11 is 3.59. The molecule has 2 unspecified atom stereocenters. The average Bonchev–Trinajstić information content (AvgIpc) is 3.96. The van der Waals surface area contributed by atoms with Crippen molar-refractivity contribution in [1.82, 2.24) is 0 Å². The lowest BCUT2D eigenvalue weighted by Gasteiger charge is -2.28. The van der Waals surface area contributed by atoms with Crippen molar-refractivity contribution >= 4 is 88.6 Å². The lowest BCUT2D eigenvalue weighted by molar-refractivity contribution is -0.0697. The molecule has 5 heterocycles.